The molecule has 3 rings (SSSR count). The molecule has 0 aromatic heterocycles. The molecule has 3 N–H and O–H groups in total. The molecule has 1 aliphatic heterocycles. The summed E-state index contributed by atoms with van der Waals surface area (Å²) in [7, 11) is 0. The Morgan fingerprint density at radius 1 is 1.06 bits per heavy atom. The lowest BCUT2D eigenvalue weighted by Gasteiger charge is -2.32. The lowest BCUT2D eigenvalue weighted by atomic mass is 9.97. The van der Waals surface area contributed by atoms with Crippen molar-refractivity contribution < 1.29 is 9.84 Å². The number of hydrogen-bond donors (Lipinski definition) is 3. The molecule has 0 radical (unpaired) electrons. The molecule has 0 atom stereocenters. The zero-order chi connectivity index (χ0) is 21.9. The number of ether oxygens (including phenoxy) is 1. The highest BCUT2D eigenvalue weighted by molar-refractivity contribution is 14.0. The maximum absolute atomic E-state index is 9.31. The van der Waals surface area contributed by atoms with Crippen LogP contribution in [0.4, 0.5) is 5.69 Å². The summed E-state index contributed by atoms with van der Waals surface area (Å²) >= 11 is 0. The van der Waals surface area contributed by atoms with Crippen LogP contribution in [-0.4, -0.2) is 50.5 Å². The molecule has 0 spiro atoms. The summed E-state index contributed by atoms with van der Waals surface area (Å²) in [6, 6.07) is 16.8. The first-order valence-corrected chi connectivity index (χ1v) is 11.3. The van der Waals surface area contributed by atoms with Crippen LogP contribution in [-0.2, 0) is 6.54 Å². The second-order valence-corrected chi connectivity index (χ2v) is 8.06. The molecular weight excluding hydrogens is 515 g/mol. The van der Waals surface area contributed by atoms with Crippen LogP contribution in [0.5, 0.6) is 5.75 Å². The van der Waals surface area contributed by atoms with Crippen molar-refractivity contribution in [3.8, 4) is 5.75 Å². The van der Waals surface area contributed by atoms with Gasteiger partial charge in [-0.15, -0.1) is 24.0 Å². The summed E-state index contributed by atoms with van der Waals surface area (Å²) in [5.74, 6) is 2.14. The Hall–Kier alpha value is -2.00. The van der Waals surface area contributed by atoms with Crippen molar-refractivity contribution >= 4 is 35.6 Å². The SMILES string of the molecule is CCNC(=NCc1ccc(N2CCC(CO)CC2)cc1)NCCOc1ccc(C)cc1.I. The number of nitrogens with zero attached hydrogens (tertiary/aromatic N) is 2. The standard InChI is InChI=1S/C25H36N4O2.HI/c1-3-26-25(27-14-17-31-24-10-4-20(2)5-11-24)28-18-21-6-8-23(9-7-21)29-15-12-22(19-30)13-16-29;/h4-11,22,30H,3,12-19H2,1-2H3,(H2,26,27,28);1H. The van der Waals surface area contributed by atoms with Crippen LogP contribution in [0.3, 0.4) is 0 Å². The number of hydrogen-bond acceptors (Lipinski definition) is 4. The third kappa shape index (κ3) is 8.50. The number of anilines is 1. The van der Waals surface area contributed by atoms with Gasteiger partial charge in [-0.2, -0.15) is 0 Å². The molecule has 0 saturated carbocycles. The highest BCUT2D eigenvalue weighted by Crippen LogP contribution is 2.23. The molecule has 7 heteroatoms. The van der Waals surface area contributed by atoms with E-state index in [1.165, 1.54) is 16.8 Å². The van der Waals surface area contributed by atoms with Crippen molar-refractivity contribution in [1.29, 1.82) is 0 Å². The second-order valence-electron chi connectivity index (χ2n) is 8.06. The molecule has 1 saturated heterocycles. The number of aliphatic hydroxyl groups is 1. The van der Waals surface area contributed by atoms with E-state index in [9.17, 15) is 5.11 Å². The molecule has 0 unspecified atom stereocenters. The number of halogens is 1. The number of aryl methyl sites for hydroxylation is 1. The fourth-order valence-electron chi connectivity index (χ4n) is 3.67. The van der Waals surface area contributed by atoms with Crippen LogP contribution in [0.2, 0.25) is 0 Å². The molecule has 0 aliphatic carbocycles. The Balaban J connectivity index is 0.00000363. The lowest BCUT2D eigenvalue weighted by Crippen LogP contribution is -2.39. The number of benzene rings is 2. The van der Waals surface area contributed by atoms with Crippen molar-refractivity contribution in [2.24, 2.45) is 10.9 Å². The van der Waals surface area contributed by atoms with E-state index in [1.54, 1.807) is 0 Å². The molecule has 6 nitrogen and oxygen atoms in total. The van der Waals surface area contributed by atoms with Crippen molar-refractivity contribution in [2.75, 3.05) is 44.3 Å². The minimum atomic E-state index is 0. The largest absolute Gasteiger partial charge is 0.492 e. The molecule has 2 aromatic carbocycles. The Morgan fingerprint density at radius 2 is 1.75 bits per heavy atom. The molecule has 32 heavy (non-hydrogen) atoms. The van der Waals surface area contributed by atoms with Gasteiger partial charge in [0.15, 0.2) is 5.96 Å². The van der Waals surface area contributed by atoms with Crippen LogP contribution in [0.15, 0.2) is 53.5 Å². The van der Waals surface area contributed by atoms with Gasteiger partial charge >= 0.3 is 0 Å². The van der Waals surface area contributed by atoms with Gasteiger partial charge in [-0.1, -0.05) is 29.8 Å². The minimum Gasteiger partial charge on any atom is -0.492 e. The highest BCUT2D eigenvalue weighted by atomic mass is 127. The molecule has 2 aromatic rings. The third-order valence-corrected chi connectivity index (χ3v) is 5.62. The predicted molar refractivity (Wildman–Crippen MR) is 143 cm³/mol. The first-order valence-electron chi connectivity index (χ1n) is 11.3. The van der Waals surface area contributed by atoms with Crippen molar-refractivity contribution in [3.05, 3.63) is 59.7 Å². The summed E-state index contributed by atoms with van der Waals surface area (Å²) in [5, 5.41) is 15.9. The van der Waals surface area contributed by atoms with Gasteiger partial charge in [-0.3, -0.25) is 0 Å². The number of aliphatic hydroxyl groups excluding tert-OH is 1. The second kappa shape index (κ2) is 14.2. The van der Waals surface area contributed by atoms with Gasteiger partial charge in [0, 0.05) is 31.9 Å². The Morgan fingerprint density at radius 3 is 2.38 bits per heavy atom. The number of piperidine rings is 1. The summed E-state index contributed by atoms with van der Waals surface area (Å²) in [6.07, 6.45) is 2.13. The van der Waals surface area contributed by atoms with Crippen molar-refractivity contribution in [1.82, 2.24) is 10.6 Å². The average Bonchev–Trinajstić information content (AvgIpc) is 2.82. The predicted octanol–water partition coefficient (Wildman–Crippen LogP) is 3.96. The van der Waals surface area contributed by atoms with Gasteiger partial charge in [0.05, 0.1) is 13.1 Å². The topological polar surface area (TPSA) is 69.1 Å². The fraction of sp³-hybridized carbons (Fsp3) is 0.480. The van der Waals surface area contributed by atoms with Gasteiger partial charge in [0.1, 0.15) is 12.4 Å². The average molecular weight is 553 g/mol. The highest BCUT2D eigenvalue weighted by Gasteiger charge is 2.18. The van der Waals surface area contributed by atoms with Gasteiger partial charge in [0.2, 0.25) is 0 Å². The molecule has 0 amide bonds. The Kier molecular flexibility index (Phi) is 11.7. The van der Waals surface area contributed by atoms with E-state index in [0.717, 1.165) is 44.2 Å². The van der Waals surface area contributed by atoms with E-state index < -0.39 is 0 Å². The van der Waals surface area contributed by atoms with Gasteiger partial charge in [0.25, 0.3) is 0 Å². The van der Waals surface area contributed by atoms with E-state index in [4.69, 9.17) is 9.73 Å². The molecule has 176 valence electrons. The maximum Gasteiger partial charge on any atom is 0.191 e. The van der Waals surface area contributed by atoms with E-state index in [1.807, 2.05) is 12.1 Å². The number of guanidine groups is 1. The van der Waals surface area contributed by atoms with Crippen molar-refractivity contribution in [3.63, 3.8) is 0 Å². The Labute approximate surface area is 209 Å². The van der Waals surface area contributed by atoms with E-state index in [2.05, 4.69) is 65.8 Å². The van der Waals surface area contributed by atoms with E-state index >= 15 is 0 Å². The summed E-state index contributed by atoms with van der Waals surface area (Å²) in [5.41, 5.74) is 3.66. The normalized spacial score (nSPS) is 14.6. The molecule has 1 aliphatic rings. The van der Waals surface area contributed by atoms with Gasteiger partial charge in [-0.05, 0) is 62.4 Å². The lowest BCUT2D eigenvalue weighted by molar-refractivity contribution is 0.203. The first kappa shape index (κ1) is 26.3. The van der Waals surface area contributed by atoms with Crippen LogP contribution in [0, 0.1) is 12.8 Å². The molecular formula is C25H37IN4O2. The molecule has 1 fully saturated rings. The van der Waals surface area contributed by atoms with Crippen LogP contribution >= 0.6 is 24.0 Å². The van der Waals surface area contributed by atoms with Crippen LogP contribution < -0.4 is 20.3 Å². The fourth-order valence-corrected chi connectivity index (χ4v) is 3.67. The zero-order valence-electron chi connectivity index (χ0n) is 19.2. The minimum absolute atomic E-state index is 0. The summed E-state index contributed by atoms with van der Waals surface area (Å²) in [4.78, 5) is 7.10. The number of rotatable bonds is 9. The van der Waals surface area contributed by atoms with E-state index in [-0.39, 0.29) is 24.0 Å². The smallest absolute Gasteiger partial charge is 0.191 e. The Bertz CT molecular complexity index is 804. The number of aliphatic imine (C=N–C) groups is 1. The van der Waals surface area contributed by atoms with Gasteiger partial charge < -0.3 is 25.4 Å². The number of nitrogens with one attached hydrogen (secondary N) is 2. The first-order chi connectivity index (χ1) is 15.2. The quantitative estimate of drug-likeness (QED) is 0.190. The molecule has 0 bridgehead atoms. The van der Waals surface area contributed by atoms with Gasteiger partial charge in [-0.25, -0.2) is 4.99 Å². The zero-order valence-corrected chi connectivity index (χ0v) is 21.5. The van der Waals surface area contributed by atoms with Crippen LogP contribution in [0.25, 0.3) is 0 Å². The summed E-state index contributed by atoms with van der Waals surface area (Å²) < 4.78 is 5.77. The summed E-state index contributed by atoms with van der Waals surface area (Å²) in [6.45, 7) is 9.18. The van der Waals surface area contributed by atoms with Crippen LogP contribution in [0.1, 0.15) is 30.9 Å². The maximum atomic E-state index is 9.31. The monoisotopic (exact) mass is 552 g/mol. The molecule has 1 heterocycles. The third-order valence-electron chi connectivity index (χ3n) is 5.62. The van der Waals surface area contributed by atoms with E-state index in [0.29, 0.717) is 32.2 Å². The van der Waals surface area contributed by atoms with Crippen molar-refractivity contribution in [2.45, 2.75) is 33.2 Å².